The van der Waals surface area contributed by atoms with Gasteiger partial charge in [0.2, 0.25) is 0 Å². The average Bonchev–Trinajstić information content (AvgIpc) is 2.90. The first-order valence-electron chi connectivity index (χ1n) is 5.12. The molecule has 0 aliphatic heterocycles. The van der Waals surface area contributed by atoms with Gasteiger partial charge in [-0.25, -0.2) is 4.79 Å². The minimum absolute atomic E-state index is 0.330. The number of ether oxygens (including phenoxy) is 1. The Labute approximate surface area is 111 Å². The zero-order valence-electron chi connectivity index (χ0n) is 9.22. The molecule has 2 rings (SSSR count). The Hall–Kier alpha value is -1.14. The van der Waals surface area contributed by atoms with Crippen molar-refractivity contribution in [3.8, 4) is 0 Å². The number of carbonyl (C=O) groups is 1. The largest absolute Gasteiger partial charge is 0.462 e. The smallest absolute Gasteiger partial charge is 0.341 e. The molecule has 0 atom stereocenters. The van der Waals surface area contributed by atoms with Gasteiger partial charge < -0.3 is 4.74 Å². The van der Waals surface area contributed by atoms with Crippen molar-refractivity contribution in [2.75, 3.05) is 6.61 Å². The van der Waals surface area contributed by atoms with E-state index in [1.807, 2.05) is 11.4 Å². The summed E-state index contributed by atoms with van der Waals surface area (Å²) in [5.74, 6) is -0.330. The second-order valence-corrected chi connectivity index (χ2v) is 5.19. The molecular weight excluding hydrogens is 304 g/mol. The second kappa shape index (κ2) is 5.46. The molecular formula is C11H11BrN2O2S. The molecule has 90 valence electrons. The van der Waals surface area contributed by atoms with Gasteiger partial charge in [0.15, 0.2) is 0 Å². The highest BCUT2D eigenvalue weighted by molar-refractivity contribution is 9.10. The Bertz CT molecular complexity index is 521. The fourth-order valence-corrected chi connectivity index (χ4v) is 2.82. The van der Waals surface area contributed by atoms with Gasteiger partial charge in [0.1, 0.15) is 0 Å². The monoisotopic (exact) mass is 314 g/mol. The number of aromatic nitrogens is 2. The van der Waals surface area contributed by atoms with Crippen molar-refractivity contribution in [3.05, 3.63) is 38.8 Å². The lowest BCUT2D eigenvalue weighted by molar-refractivity contribution is 0.0526. The maximum absolute atomic E-state index is 11.4. The van der Waals surface area contributed by atoms with E-state index in [4.69, 9.17) is 4.74 Å². The number of carbonyl (C=O) groups excluding carboxylic acids is 1. The molecule has 0 amide bonds. The van der Waals surface area contributed by atoms with Crippen molar-refractivity contribution in [2.24, 2.45) is 0 Å². The predicted octanol–water partition coefficient (Wildman–Crippen LogP) is 2.93. The van der Waals surface area contributed by atoms with Gasteiger partial charge in [-0.1, -0.05) is 0 Å². The van der Waals surface area contributed by atoms with Crippen molar-refractivity contribution >= 4 is 33.2 Å². The summed E-state index contributed by atoms with van der Waals surface area (Å²) in [6.07, 6.45) is 3.23. The van der Waals surface area contributed by atoms with Crippen LogP contribution in [0.1, 0.15) is 22.2 Å². The van der Waals surface area contributed by atoms with E-state index in [0.29, 0.717) is 18.7 Å². The molecule has 0 unspecified atom stereocenters. The highest BCUT2D eigenvalue weighted by atomic mass is 79.9. The Balaban J connectivity index is 2.09. The van der Waals surface area contributed by atoms with Gasteiger partial charge >= 0.3 is 5.97 Å². The van der Waals surface area contributed by atoms with E-state index < -0.39 is 0 Å². The zero-order valence-corrected chi connectivity index (χ0v) is 11.6. The molecule has 0 N–H and O–H groups in total. The molecule has 0 radical (unpaired) electrons. The lowest BCUT2D eigenvalue weighted by atomic mass is 10.4. The summed E-state index contributed by atoms with van der Waals surface area (Å²) in [5, 5.41) is 6.15. The first kappa shape index (κ1) is 12.3. The maximum Gasteiger partial charge on any atom is 0.341 e. The molecule has 0 saturated heterocycles. The molecule has 4 nitrogen and oxygen atoms in total. The van der Waals surface area contributed by atoms with E-state index >= 15 is 0 Å². The topological polar surface area (TPSA) is 44.1 Å². The van der Waals surface area contributed by atoms with E-state index in [2.05, 4.69) is 21.0 Å². The van der Waals surface area contributed by atoms with E-state index in [1.165, 1.54) is 11.1 Å². The number of hydrogen-bond donors (Lipinski definition) is 0. The van der Waals surface area contributed by atoms with Crippen LogP contribution >= 0.6 is 27.3 Å². The fraction of sp³-hybridized carbons (Fsp3) is 0.273. The normalized spacial score (nSPS) is 10.5. The van der Waals surface area contributed by atoms with Gasteiger partial charge in [-0.2, -0.15) is 5.10 Å². The molecule has 0 aromatic carbocycles. The number of thiophene rings is 1. The van der Waals surface area contributed by atoms with Crippen molar-refractivity contribution in [1.29, 1.82) is 0 Å². The third-order valence-corrected chi connectivity index (χ3v) is 4.05. The van der Waals surface area contributed by atoms with Crippen LogP contribution in [0.5, 0.6) is 0 Å². The minimum Gasteiger partial charge on any atom is -0.462 e. The van der Waals surface area contributed by atoms with Gasteiger partial charge in [-0.3, -0.25) is 4.68 Å². The fourth-order valence-electron chi connectivity index (χ4n) is 1.35. The summed E-state index contributed by atoms with van der Waals surface area (Å²) in [6.45, 7) is 2.81. The van der Waals surface area contributed by atoms with Crippen molar-refractivity contribution in [3.63, 3.8) is 0 Å². The van der Waals surface area contributed by atoms with E-state index in [9.17, 15) is 4.79 Å². The van der Waals surface area contributed by atoms with Crippen molar-refractivity contribution in [2.45, 2.75) is 13.5 Å². The van der Waals surface area contributed by atoms with Crippen LogP contribution in [0.25, 0.3) is 0 Å². The van der Waals surface area contributed by atoms with Crippen LogP contribution in [0, 0.1) is 0 Å². The number of halogens is 1. The molecule has 0 bridgehead atoms. The van der Waals surface area contributed by atoms with Crippen LogP contribution < -0.4 is 0 Å². The van der Waals surface area contributed by atoms with Crippen molar-refractivity contribution < 1.29 is 9.53 Å². The van der Waals surface area contributed by atoms with Crippen LogP contribution in [0.4, 0.5) is 0 Å². The predicted molar refractivity (Wildman–Crippen MR) is 69.3 cm³/mol. The van der Waals surface area contributed by atoms with Crippen molar-refractivity contribution in [1.82, 2.24) is 9.78 Å². The summed E-state index contributed by atoms with van der Waals surface area (Å²) >= 11 is 5.11. The van der Waals surface area contributed by atoms with Crippen LogP contribution in [-0.4, -0.2) is 22.4 Å². The standard InChI is InChI=1S/C11H11BrN2O2S/c1-2-16-11(15)8-5-13-14(6-8)7-10-9(12)3-4-17-10/h3-6H,2,7H2,1H3. The summed E-state index contributed by atoms with van der Waals surface area (Å²) in [5.41, 5.74) is 0.486. The first-order valence-corrected chi connectivity index (χ1v) is 6.79. The third kappa shape index (κ3) is 2.95. The van der Waals surface area contributed by atoms with E-state index in [0.717, 1.165) is 4.47 Å². The number of esters is 1. The molecule has 17 heavy (non-hydrogen) atoms. The van der Waals surface area contributed by atoms with Crippen LogP contribution in [0.3, 0.4) is 0 Å². The van der Waals surface area contributed by atoms with Crippen LogP contribution in [-0.2, 0) is 11.3 Å². The first-order chi connectivity index (χ1) is 8.20. The molecule has 0 fully saturated rings. The van der Waals surface area contributed by atoms with Gasteiger partial charge in [0.25, 0.3) is 0 Å². The molecule has 0 saturated carbocycles. The highest BCUT2D eigenvalue weighted by Crippen LogP contribution is 2.23. The molecule has 0 aliphatic carbocycles. The van der Waals surface area contributed by atoms with Crippen LogP contribution in [0.15, 0.2) is 28.3 Å². The summed E-state index contributed by atoms with van der Waals surface area (Å²) in [4.78, 5) is 12.6. The molecule has 0 aliphatic rings. The second-order valence-electron chi connectivity index (χ2n) is 3.34. The highest BCUT2D eigenvalue weighted by Gasteiger charge is 2.10. The quantitative estimate of drug-likeness (QED) is 0.815. The molecule has 2 aromatic heterocycles. The van der Waals surface area contributed by atoms with Gasteiger partial charge in [-0.05, 0) is 34.3 Å². The Kier molecular flexibility index (Phi) is 3.96. The summed E-state index contributed by atoms with van der Waals surface area (Å²) in [6, 6.07) is 2.00. The Morgan fingerprint density at radius 1 is 1.65 bits per heavy atom. The number of hydrogen-bond acceptors (Lipinski definition) is 4. The Morgan fingerprint density at radius 2 is 2.47 bits per heavy atom. The third-order valence-electron chi connectivity index (χ3n) is 2.14. The average molecular weight is 315 g/mol. The zero-order chi connectivity index (χ0) is 12.3. The minimum atomic E-state index is -0.330. The SMILES string of the molecule is CCOC(=O)c1cnn(Cc2sccc2Br)c1. The van der Waals surface area contributed by atoms with Gasteiger partial charge in [0.05, 0.1) is 24.9 Å². The number of nitrogens with zero attached hydrogens (tertiary/aromatic N) is 2. The van der Waals surface area contributed by atoms with Crippen LogP contribution in [0.2, 0.25) is 0 Å². The van der Waals surface area contributed by atoms with Gasteiger partial charge in [0, 0.05) is 15.5 Å². The molecule has 6 heteroatoms. The lowest BCUT2D eigenvalue weighted by Crippen LogP contribution is -2.03. The van der Waals surface area contributed by atoms with E-state index in [-0.39, 0.29) is 5.97 Å². The summed E-state index contributed by atoms with van der Waals surface area (Å²) in [7, 11) is 0. The van der Waals surface area contributed by atoms with Gasteiger partial charge in [-0.15, -0.1) is 11.3 Å². The van der Waals surface area contributed by atoms with E-state index in [1.54, 1.807) is 29.1 Å². The Morgan fingerprint density at radius 3 is 3.12 bits per heavy atom. The maximum atomic E-state index is 11.4. The number of rotatable bonds is 4. The molecule has 2 heterocycles. The molecule has 2 aromatic rings. The lowest BCUT2D eigenvalue weighted by Gasteiger charge is -1.99. The molecule has 0 spiro atoms. The summed E-state index contributed by atoms with van der Waals surface area (Å²) < 4.78 is 7.69.